The van der Waals surface area contributed by atoms with E-state index < -0.39 is 9.84 Å². The summed E-state index contributed by atoms with van der Waals surface area (Å²) in [6.07, 6.45) is 2.05. The molecule has 24 heavy (non-hydrogen) atoms. The predicted molar refractivity (Wildman–Crippen MR) is 89.3 cm³/mol. The van der Waals surface area contributed by atoms with E-state index in [1.54, 1.807) is 18.4 Å². The van der Waals surface area contributed by atoms with Gasteiger partial charge in [-0.3, -0.25) is 9.36 Å². The lowest BCUT2D eigenvalue weighted by atomic mass is 10.3. The largest absolute Gasteiger partial charge is 0.461 e. The maximum atomic E-state index is 12.0. The summed E-state index contributed by atoms with van der Waals surface area (Å²) in [6.45, 7) is 2.61. The first kappa shape index (κ1) is 17.0. The molecule has 1 unspecified atom stereocenters. The van der Waals surface area contributed by atoms with Crippen molar-refractivity contribution < 1.29 is 17.6 Å². The number of nitrogens with one attached hydrogen (secondary N) is 1. The molecule has 1 fully saturated rings. The summed E-state index contributed by atoms with van der Waals surface area (Å²) in [5.74, 6) is 1.36. The Bertz CT molecular complexity index is 814. The van der Waals surface area contributed by atoms with Crippen LogP contribution in [-0.2, 0) is 21.2 Å². The standard InChI is InChI=1S/C14H18N4O4S2/c1-2-18-13(11-4-3-6-22-11)16-17-14(18)23-8-12(19)15-10-5-7-24(20,21)9-10/h3-4,6,10H,2,5,7-9H2,1H3,(H,15,19). The lowest BCUT2D eigenvalue weighted by molar-refractivity contribution is -0.119. The number of aromatic nitrogens is 3. The molecule has 1 aliphatic heterocycles. The van der Waals surface area contributed by atoms with Gasteiger partial charge >= 0.3 is 0 Å². The number of sulfone groups is 1. The number of nitrogens with zero attached hydrogens (tertiary/aromatic N) is 3. The fraction of sp³-hybridized carbons (Fsp3) is 0.500. The zero-order valence-electron chi connectivity index (χ0n) is 13.1. The van der Waals surface area contributed by atoms with E-state index in [4.69, 9.17) is 4.42 Å². The van der Waals surface area contributed by atoms with Gasteiger partial charge in [0.25, 0.3) is 0 Å². The molecule has 10 heteroatoms. The van der Waals surface area contributed by atoms with Crippen LogP contribution in [0.3, 0.4) is 0 Å². The molecule has 8 nitrogen and oxygen atoms in total. The number of carbonyl (C=O) groups is 1. The van der Waals surface area contributed by atoms with Gasteiger partial charge in [0.2, 0.25) is 5.91 Å². The molecule has 0 spiro atoms. The fourth-order valence-electron chi connectivity index (χ4n) is 2.58. The van der Waals surface area contributed by atoms with Crippen LogP contribution in [0, 0.1) is 0 Å². The van der Waals surface area contributed by atoms with Gasteiger partial charge in [0.15, 0.2) is 26.6 Å². The lowest BCUT2D eigenvalue weighted by Crippen LogP contribution is -2.36. The monoisotopic (exact) mass is 370 g/mol. The third kappa shape index (κ3) is 3.81. The number of hydrogen-bond donors (Lipinski definition) is 1. The Hall–Kier alpha value is -1.81. The van der Waals surface area contributed by atoms with Crippen LogP contribution >= 0.6 is 11.8 Å². The summed E-state index contributed by atoms with van der Waals surface area (Å²) in [7, 11) is -3.00. The Morgan fingerprint density at radius 2 is 2.33 bits per heavy atom. The van der Waals surface area contributed by atoms with Crippen LogP contribution in [0.2, 0.25) is 0 Å². The Balaban J connectivity index is 1.60. The first-order valence-corrected chi connectivity index (χ1v) is 10.4. The number of furan rings is 1. The lowest BCUT2D eigenvalue weighted by Gasteiger charge is -2.10. The maximum absolute atomic E-state index is 12.0. The molecule has 3 heterocycles. The number of rotatable bonds is 6. The van der Waals surface area contributed by atoms with Crippen molar-refractivity contribution in [2.45, 2.75) is 31.1 Å². The van der Waals surface area contributed by atoms with Crippen molar-refractivity contribution in [2.75, 3.05) is 17.3 Å². The minimum atomic E-state index is -3.00. The molecule has 2 aromatic heterocycles. The smallest absolute Gasteiger partial charge is 0.230 e. The van der Waals surface area contributed by atoms with Gasteiger partial charge in [-0.25, -0.2) is 8.42 Å². The van der Waals surface area contributed by atoms with Crippen LogP contribution in [0.15, 0.2) is 28.0 Å². The second kappa shape index (κ2) is 6.98. The van der Waals surface area contributed by atoms with Gasteiger partial charge in [0, 0.05) is 12.6 Å². The van der Waals surface area contributed by atoms with Gasteiger partial charge in [0.05, 0.1) is 23.5 Å². The Labute approximate surface area is 143 Å². The molecule has 1 atom stereocenters. The number of carbonyl (C=O) groups excluding carboxylic acids is 1. The molecule has 1 saturated heterocycles. The van der Waals surface area contributed by atoms with E-state index >= 15 is 0 Å². The van der Waals surface area contributed by atoms with Crippen molar-refractivity contribution >= 4 is 27.5 Å². The minimum Gasteiger partial charge on any atom is -0.461 e. The number of hydrogen-bond acceptors (Lipinski definition) is 7. The molecular weight excluding hydrogens is 352 g/mol. The summed E-state index contributed by atoms with van der Waals surface area (Å²) in [5.41, 5.74) is 0. The molecule has 0 aromatic carbocycles. The summed E-state index contributed by atoms with van der Waals surface area (Å²) in [5, 5.41) is 11.6. The van der Waals surface area contributed by atoms with Crippen LogP contribution in [0.5, 0.6) is 0 Å². The first-order chi connectivity index (χ1) is 11.5. The number of thioether (sulfide) groups is 1. The summed E-state index contributed by atoms with van der Waals surface area (Å²) in [6, 6.07) is 3.29. The Morgan fingerprint density at radius 1 is 1.50 bits per heavy atom. The molecular formula is C14H18N4O4S2. The molecule has 0 saturated carbocycles. The summed E-state index contributed by atoms with van der Waals surface area (Å²) < 4.78 is 30.0. The third-order valence-electron chi connectivity index (χ3n) is 3.70. The quantitative estimate of drug-likeness (QED) is 0.755. The molecule has 0 radical (unpaired) electrons. The zero-order valence-corrected chi connectivity index (χ0v) is 14.8. The Kier molecular flexibility index (Phi) is 4.95. The van der Waals surface area contributed by atoms with Crippen molar-refractivity contribution in [2.24, 2.45) is 0 Å². The van der Waals surface area contributed by atoms with Gasteiger partial charge in [-0.15, -0.1) is 10.2 Å². The zero-order chi connectivity index (χ0) is 17.2. The molecule has 1 aliphatic rings. The van der Waals surface area contributed by atoms with E-state index in [1.165, 1.54) is 11.8 Å². The minimum absolute atomic E-state index is 0.0250. The van der Waals surface area contributed by atoms with E-state index in [1.807, 2.05) is 11.5 Å². The number of amides is 1. The van der Waals surface area contributed by atoms with Crippen LogP contribution < -0.4 is 5.32 Å². The average molecular weight is 370 g/mol. The van der Waals surface area contributed by atoms with Crippen LogP contribution in [-0.4, -0.2) is 52.4 Å². The Morgan fingerprint density at radius 3 is 2.96 bits per heavy atom. The SMILES string of the molecule is CCn1c(SCC(=O)NC2CCS(=O)(=O)C2)nnc1-c1ccco1. The van der Waals surface area contributed by atoms with E-state index in [9.17, 15) is 13.2 Å². The highest BCUT2D eigenvalue weighted by atomic mass is 32.2. The van der Waals surface area contributed by atoms with Crippen molar-refractivity contribution in [3.8, 4) is 11.6 Å². The van der Waals surface area contributed by atoms with Crippen LogP contribution in [0.25, 0.3) is 11.6 Å². The van der Waals surface area contributed by atoms with Crippen molar-refractivity contribution in [1.82, 2.24) is 20.1 Å². The topological polar surface area (TPSA) is 107 Å². The molecule has 0 aliphatic carbocycles. The molecule has 2 aromatic rings. The van der Waals surface area contributed by atoms with E-state index in [0.29, 0.717) is 29.7 Å². The fourth-order valence-corrected chi connectivity index (χ4v) is 5.06. The highest BCUT2D eigenvalue weighted by Crippen LogP contribution is 2.24. The van der Waals surface area contributed by atoms with Gasteiger partial charge in [-0.1, -0.05) is 11.8 Å². The average Bonchev–Trinajstić information content (AvgIpc) is 3.24. The van der Waals surface area contributed by atoms with Gasteiger partial charge < -0.3 is 9.73 Å². The van der Waals surface area contributed by atoms with Gasteiger partial charge in [-0.2, -0.15) is 0 Å². The molecule has 1 amide bonds. The van der Waals surface area contributed by atoms with Crippen molar-refractivity contribution in [3.63, 3.8) is 0 Å². The molecule has 3 rings (SSSR count). The second-order valence-corrected chi connectivity index (χ2v) is 8.66. The van der Waals surface area contributed by atoms with Gasteiger partial charge in [-0.05, 0) is 25.5 Å². The van der Waals surface area contributed by atoms with Crippen molar-refractivity contribution in [3.05, 3.63) is 18.4 Å². The van der Waals surface area contributed by atoms with E-state index in [0.717, 1.165) is 0 Å². The van der Waals surface area contributed by atoms with Crippen molar-refractivity contribution in [1.29, 1.82) is 0 Å². The first-order valence-electron chi connectivity index (χ1n) is 7.58. The molecule has 0 bridgehead atoms. The second-order valence-electron chi connectivity index (χ2n) is 5.48. The normalized spacial score (nSPS) is 19.5. The summed E-state index contributed by atoms with van der Waals surface area (Å²) >= 11 is 1.27. The summed E-state index contributed by atoms with van der Waals surface area (Å²) in [4.78, 5) is 12.0. The van der Waals surface area contributed by atoms with E-state index in [2.05, 4.69) is 15.5 Å². The maximum Gasteiger partial charge on any atom is 0.230 e. The predicted octanol–water partition coefficient (Wildman–Crippen LogP) is 0.953. The third-order valence-corrected chi connectivity index (χ3v) is 6.44. The van der Waals surface area contributed by atoms with Gasteiger partial charge in [0.1, 0.15) is 0 Å². The van der Waals surface area contributed by atoms with Crippen LogP contribution in [0.1, 0.15) is 13.3 Å². The molecule has 130 valence electrons. The van der Waals surface area contributed by atoms with E-state index in [-0.39, 0.29) is 29.2 Å². The highest BCUT2D eigenvalue weighted by molar-refractivity contribution is 7.99. The molecule has 1 N–H and O–H groups in total. The highest BCUT2D eigenvalue weighted by Gasteiger charge is 2.29. The van der Waals surface area contributed by atoms with Crippen LogP contribution in [0.4, 0.5) is 0 Å².